The quantitative estimate of drug-likeness (QED) is 0.807. The molecule has 4 rings (SSSR count). The van der Waals surface area contributed by atoms with Crippen LogP contribution in [0.3, 0.4) is 0 Å². The Morgan fingerprint density at radius 1 is 1.33 bits per heavy atom. The second kappa shape index (κ2) is 4.84. The van der Waals surface area contributed by atoms with Crippen LogP contribution in [0.5, 0.6) is 0 Å². The Labute approximate surface area is 123 Å². The highest BCUT2D eigenvalue weighted by atomic mass is 16.5. The molecule has 2 unspecified atom stereocenters. The number of para-hydroxylation sites is 1. The number of carbonyl (C=O) groups excluding carboxylic acids is 1. The summed E-state index contributed by atoms with van der Waals surface area (Å²) in [6.45, 7) is 0. The zero-order valence-electron chi connectivity index (χ0n) is 12.1. The van der Waals surface area contributed by atoms with Crippen LogP contribution < -0.4 is 4.90 Å². The van der Waals surface area contributed by atoms with E-state index in [0.717, 1.165) is 18.4 Å². The third-order valence-electron chi connectivity index (χ3n) is 5.19. The number of rotatable bonds is 2. The third kappa shape index (κ3) is 2.12. The zero-order chi connectivity index (χ0) is 14.4. The van der Waals surface area contributed by atoms with Crippen molar-refractivity contribution in [3.63, 3.8) is 0 Å². The molecule has 110 valence electrons. The van der Waals surface area contributed by atoms with Crippen molar-refractivity contribution in [2.75, 3.05) is 7.05 Å². The number of piperidine rings is 1. The first-order valence-electron chi connectivity index (χ1n) is 7.69. The number of nitrogens with zero attached hydrogens (tertiary/aromatic N) is 1. The molecule has 0 aliphatic carbocycles. The minimum Gasteiger partial charge on any atom is -0.458 e. The smallest absolute Gasteiger partial charge is 0.340 e. The minimum atomic E-state index is -0.239. The monoisotopic (exact) mass is 286 g/mol. The summed E-state index contributed by atoms with van der Waals surface area (Å²) in [5.74, 6) is -0.239. The largest absolute Gasteiger partial charge is 0.458 e. The fourth-order valence-electron chi connectivity index (χ4n) is 3.97. The fourth-order valence-corrected chi connectivity index (χ4v) is 3.97. The number of ether oxygens (including phenoxy) is 1. The van der Waals surface area contributed by atoms with Crippen LogP contribution in [0, 0.1) is 0 Å². The molecule has 2 aromatic rings. The number of esters is 1. The molecule has 0 radical (unpaired) electrons. The molecule has 1 aromatic heterocycles. The molecule has 2 saturated heterocycles. The summed E-state index contributed by atoms with van der Waals surface area (Å²) in [5.41, 5.74) is 2.13. The Kier molecular flexibility index (Phi) is 2.96. The van der Waals surface area contributed by atoms with E-state index in [1.807, 2.05) is 12.1 Å². The molecule has 3 heterocycles. The molecule has 0 saturated carbocycles. The van der Waals surface area contributed by atoms with E-state index in [2.05, 4.69) is 17.0 Å². The van der Waals surface area contributed by atoms with Gasteiger partial charge in [-0.25, -0.2) is 9.78 Å². The number of benzene rings is 1. The number of aromatic amines is 1. The van der Waals surface area contributed by atoms with Gasteiger partial charge in [-0.1, -0.05) is 6.07 Å². The van der Waals surface area contributed by atoms with Gasteiger partial charge in [0.25, 0.3) is 0 Å². The molecular formula is C16H20N3O2+. The molecule has 1 aromatic carbocycles. The van der Waals surface area contributed by atoms with Crippen LogP contribution in [-0.4, -0.2) is 41.2 Å². The van der Waals surface area contributed by atoms with Crippen molar-refractivity contribution in [1.29, 1.82) is 0 Å². The van der Waals surface area contributed by atoms with Crippen molar-refractivity contribution in [3.8, 4) is 0 Å². The number of fused-ring (bicyclic) bond motifs is 3. The number of nitrogens with one attached hydrogen (secondary N) is 2. The Balaban J connectivity index is 1.53. The van der Waals surface area contributed by atoms with Gasteiger partial charge in [0, 0.05) is 25.7 Å². The molecule has 2 aliphatic rings. The summed E-state index contributed by atoms with van der Waals surface area (Å²) in [6.07, 6.45) is 6.18. The molecule has 5 nitrogen and oxygen atoms in total. The van der Waals surface area contributed by atoms with Crippen molar-refractivity contribution in [2.24, 2.45) is 0 Å². The molecule has 2 aliphatic heterocycles. The zero-order valence-corrected chi connectivity index (χ0v) is 12.1. The SMILES string of the molecule is C[NH+]1[C@@H]2CC[C@H]1CC(OC(=O)c1cccc3[nH]cnc13)C2. The molecular weight excluding hydrogens is 266 g/mol. The maximum absolute atomic E-state index is 12.5. The van der Waals surface area contributed by atoms with Gasteiger partial charge in [-0.2, -0.15) is 0 Å². The number of H-pyrrole nitrogens is 1. The maximum atomic E-state index is 12.5. The summed E-state index contributed by atoms with van der Waals surface area (Å²) < 4.78 is 5.78. The summed E-state index contributed by atoms with van der Waals surface area (Å²) in [6, 6.07) is 6.88. The van der Waals surface area contributed by atoms with Crippen LogP contribution in [0.1, 0.15) is 36.0 Å². The average molecular weight is 286 g/mol. The van der Waals surface area contributed by atoms with Crippen LogP contribution >= 0.6 is 0 Å². The molecule has 5 heteroatoms. The topological polar surface area (TPSA) is 59.4 Å². The second-order valence-corrected chi connectivity index (χ2v) is 6.32. The number of imidazole rings is 1. The van der Waals surface area contributed by atoms with Gasteiger partial charge in [-0.05, 0) is 12.1 Å². The number of hydrogen-bond donors (Lipinski definition) is 2. The molecule has 0 spiro atoms. The van der Waals surface area contributed by atoms with E-state index in [1.165, 1.54) is 12.8 Å². The first kappa shape index (κ1) is 12.8. The lowest BCUT2D eigenvalue weighted by molar-refractivity contribution is -0.923. The molecule has 2 bridgehead atoms. The molecule has 2 N–H and O–H groups in total. The van der Waals surface area contributed by atoms with Crippen molar-refractivity contribution in [2.45, 2.75) is 43.9 Å². The van der Waals surface area contributed by atoms with Gasteiger partial charge in [-0.3, -0.25) is 0 Å². The van der Waals surface area contributed by atoms with Gasteiger partial charge >= 0.3 is 5.97 Å². The highest BCUT2D eigenvalue weighted by Crippen LogP contribution is 2.26. The number of aromatic nitrogens is 2. The highest BCUT2D eigenvalue weighted by molar-refractivity contribution is 6.01. The van der Waals surface area contributed by atoms with Crippen LogP contribution in [-0.2, 0) is 4.74 Å². The normalized spacial score (nSPS) is 31.5. The van der Waals surface area contributed by atoms with Crippen LogP contribution in [0.25, 0.3) is 11.0 Å². The van der Waals surface area contributed by atoms with Crippen LogP contribution in [0.15, 0.2) is 24.5 Å². The van der Waals surface area contributed by atoms with E-state index in [-0.39, 0.29) is 12.1 Å². The van der Waals surface area contributed by atoms with Crippen molar-refractivity contribution in [1.82, 2.24) is 9.97 Å². The standard InChI is InChI=1S/C16H19N3O2/c1-19-10-5-6-11(19)8-12(7-10)21-16(20)13-3-2-4-14-15(13)18-9-17-14/h2-4,9-12H,5-8H2,1H3,(H,17,18)/p+1/t10-,11+,12?. The molecule has 21 heavy (non-hydrogen) atoms. The van der Waals surface area contributed by atoms with E-state index in [0.29, 0.717) is 23.2 Å². The van der Waals surface area contributed by atoms with Gasteiger partial charge < -0.3 is 14.6 Å². The lowest BCUT2D eigenvalue weighted by Crippen LogP contribution is -3.15. The molecule has 0 amide bonds. The minimum absolute atomic E-state index is 0.0629. The van der Waals surface area contributed by atoms with E-state index >= 15 is 0 Å². The van der Waals surface area contributed by atoms with E-state index in [1.54, 1.807) is 17.3 Å². The van der Waals surface area contributed by atoms with Gasteiger partial charge in [0.2, 0.25) is 0 Å². The van der Waals surface area contributed by atoms with Gasteiger partial charge in [-0.15, -0.1) is 0 Å². The van der Waals surface area contributed by atoms with Crippen molar-refractivity contribution < 1.29 is 14.4 Å². The summed E-state index contributed by atoms with van der Waals surface area (Å²) in [5, 5.41) is 0. The summed E-state index contributed by atoms with van der Waals surface area (Å²) in [4.78, 5) is 21.3. The maximum Gasteiger partial charge on any atom is 0.340 e. The van der Waals surface area contributed by atoms with E-state index in [4.69, 9.17) is 4.74 Å². The first-order chi connectivity index (χ1) is 10.2. The average Bonchev–Trinajstić information content (AvgIpc) is 3.01. The van der Waals surface area contributed by atoms with Crippen LogP contribution in [0.4, 0.5) is 0 Å². The van der Waals surface area contributed by atoms with Crippen molar-refractivity contribution >= 4 is 17.0 Å². The number of hydrogen-bond acceptors (Lipinski definition) is 3. The Morgan fingerprint density at radius 3 is 2.86 bits per heavy atom. The summed E-state index contributed by atoms with van der Waals surface area (Å²) in [7, 11) is 2.27. The van der Waals surface area contributed by atoms with Gasteiger partial charge in [0.05, 0.1) is 36.5 Å². The van der Waals surface area contributed by atoms with E-state index in [9.17, 15) is 4.79 Å². The summed E-state index contributed by atoms with van der Waals surface area (Å²) >= 11 is 0. The van der Waals surface area contributed by atoms with Crippen molar-refractivity contribution in [3.05, 3.63) is 30.1 Å². The Morgan fingerprint density at radius 2 is 2.10 bits per heavy atom. The number of carbonyl (C=O) groups is 1. The fraction of sp³-hybridized carbons (Fsp3) is 0.500. The second-order valence-electron chi connectivity index (χ2n) is 6.32. The third-order valence-corrected chi connectivity index (χ3v) is 5.19. The van der Waals surface area contributed by atoms with Gasteiger partial charge in [0.1, 0.15) is 11.6 Å². The predicted molar refractivity (Wildman–Crippen MR) is 78.2 cm³/mol. The van der Waals surface area contributed by atoms with Crippen LogP contribution in [0.2, 0.25) is 0 Å². The lowest BCUT2D eigenvalue weighted by Gasteiger charge is -2.33. The Hall–Kier alpha value is -1.88. The Bertz CT molecular complexity index is 667. The van der Waals surface area contributed by atoms with Gasteiger partial charge in [0.15, 0.2) is 0 Å². The molecule has 4 atom stereocenters. The highest BCUT2D eigenvalue weighted by Gasteiger charge is 2.43. The first-order valence-corrected chi connectivity index (χ1v) is 7.69. The lowest BCUT2D eigenvalue weighted by atomic mass is 10.0. The van der Waals surface area contributed by atoms with E-state index < -0.39 is 0 Å². The molecule has 2 fully saturated rings. The predicted octanol–water partition coefficient (Wildman–Crippen LogP) is 0.928. The number of quaternary nitrogens is 1.